The smallest absolute Gasteiger partial charge is 0.278 e. The predicted octanol–water partition coefficient (Wildman–Crippen LogP) is 5.16. The quantitative estimate of drug-likeness (QED) is 0.547. The van der Waals surface area contributed by atoms with E-state index in [1.165, 1.54) is 24.3 Å². The second-order valence-corrected chi connectivity index (χ2v) is 8.00. The van der Waals surface area contributed by atoms with E-state index in [-0.39, 0.29) is 17.4 Å². The summed E-state index contributed by atoms with van der Waals surface area (Å²) in [4.78, 5) is 13.4. The van der Waals surface area contributed by atoms with E-state index in [4.69, 9.17) is 9.47 Å². The fourth-order valence-corrected chi connectivity index (χ4v) is 3.80. The Morgan fingerprint density at radius 2 is 1.65 bits per heavy atom. The molecule has 1 aliphatic rings. The monoisotopic (exact) mass is 480 g/mol. The molecule has 0 saturated carbocycles. The average molecular weight is 481 g/mol. The zero-order valence-corrected chi connectivity index (χ0v) is 18.7. The Bertz CT molecular complexity index is 1130. The Labute approximate surface area is 188 Å². The van der Waals surface area contributed by atoms with Gasteiger partial charge < -0.3 is 14.6 Å². The van der Waals surface area contributed by atoms with Crippen molar-refractivity contribution in [2.75, 3.05) is 14.2 Å². The molecule has 0 radical (unpaired) electrons. The molecule has 31 heavy (non-hydrogen) atoms. The van der Waals surface area contributed by atoms with Crippen molar-refractivity contribution in [3.05, 3.63) is 87.9 Å². The van der Waals surface area contributed by atoms with Gasteiger partial charge in [0.25, 0.3) is 5.91 Å². The number of benzene rings is 3. The highest BCUT2D eigenvalue weighted by Gasteiger charge is 2.34. The number of phenolic OH excluding ortho intramolecular Hbond substituents is 1. The topological polar surface area (TPSA) is 71.4 Å². The standard InChI is InChI=1S/C24H21BrN2O4/c1-30-18-9-5-15(6-10-18)21-14-22(16-3-7-17(25)8-4-16)27(26-21)24(29)20-13-19(31-2)11-12-23(20)28/h3-13,22,28H,14H2,1-2H3. The molecule has 1 aliphatic heterocycles. The summed E-state index contributed by atoms with van der Waals surface area (Å²) in [5.74, 6) is 0.724. The summed E-state index contributed by atoms with van der Waals surface area (Å²) in [7, 11) is 3.13. The van der Waals surface area contributed by atoms with E-state index in [1.54, 1.807) is 13.2 Å². The van der Waals surface area contributed by atoms with E-state index in [1.807, 2.05) is 48.5 Å². The SMILES string of the molecule is COc1ccc(C2=NN(C(=O)c3cc(OC)ccc3O)C(c3ccc(Br)cc3)C2)cc1. The van der Waals surface area contributed by atoms with Crippen LogP contribution in [0.2, 0.25) is 0 Å². The fraction of sp³-hybridized carbons (Fsp3) is 0.167. The molecule has 1 atom stereocenters. The fourth-order valence-electron chi connectivity index (χ4n) is 3.54. The van der Waals surface area contributed by atoms with Crippen LogP contribution in [-0.2, 0) is 0 Å². The van der Waals surface area contributed by atoms with Crippen LogP contribution in [-0.4, -0.2) is 36.0 Å². The molecule has 3 aromatic carbocycles. The van der Waals surface area contributed by atoms with Crippen LogP contribution in [0.5, 0.6) is 17.2 Å². The van der Waals surface area contributed by atoms with Gasteiger partial charge in [-0.3, -0.25) is 4.79 Å². The van der Waals surface area contributed by atoms with Crippen molar-refractivity contribution in [1.82, 2.24) is 5.01 Å². The molecule has 0 saturated heterocycles. The molecule has 0 fully saturated rings. The lowest BCUT2D eigenvalue weighted by Crippen LogP contribution is -2.27. The van der Waals surface area contributed by atoms with Crippen molar-refractivity contribution in [3.63, 3.8) is 0 Å². The number of methoxy groups -OCH3 is 2. The Kier molecular flexibility index (Phi) is 5.95. The molecular weight excluding hydrogens is 460 g/mol. The van der Waals surface area contributed by atoms with Crippen molar-refractivity contribution in [2.45, 2.75) is 12.5 Å². The lowest BCUT2D eigenvalue weighted by atomic mass is 9.98. The second kappa shape index (κ2) is 8.81. The summed E-state index contributed by atoms with van der Waals surface area (Å²) >= 11 is 3.45. The predicted molar refractivity (Wildman–Crippen MR) is 122 cm³/mol. The van der Waals surface area contributed by atoms with Crippen LogP contribution < -0.4 is 9.47 Å². The maximum atomic E-state index is 13.4. The average Bonchev–Trinajstić information content (AvgIpc) is 3.25. The second-order valence-electron chi connectivity index (χ2n) is 7.08. The molecule has 3 aromatic rings. The highest BCUT2D eigenvalue weighted by Crippen LogP contribution is 2.36. The van der Waals surface area contributed by atoms with Gasteiger partial charge in [-0.2, -0.15) is 5.10 Å². The van der Waals surface area contributed by atoms with Gasteiger partial charge in [-0.25, -0.2) is 5.01 Å². The van der Waals surface area contributed by atoms with Crippen LogP contribution in [0.15, 0.2) is 76.3 Å². The minimum Gasteiger partial charge on any atom is -0.507 e. The van der Waals surface area contributed by atoms with E-state index < -0.39 is 5.91 Å². The molecule has 0 aliphatic carbocycles. The van der Waals surface area contributed by atoms with Crippen molar-refractivity contribution in [2.24, 2.45) is 5.10 Å². The molecule has 6 nitrogen and oxygen atoms in total. The van der Waals surface area contributed by atoms with Crippen LogP contribution >= 0.6 is 15.9 Å². The van der Waals surface area contributed by atoms with Crippen molar-refractivity contribution in [3.8, 4) is 17.2 Å². The third-order valence-electron chi connectivity index (χ3n) is 5.23. The summed E-state index contributed by atoms with van der Waals surface area (Å²) in [5.41, 5.74) is 2.78. The number of hydrogen-bond acceptors (Lipinski definition) is 5. The molecule has 1 amide bonds. The minimum absolute atomic E-state index is 0.117. The number of carbonyl (C=O) groups excluding carboxylic acids is 1. The number of ether oxygens (including phenoxy) is 2. The summed E-state index contributed by atoms with van der Waals surface area (Å²) in [6.45, 7) is 0. The number of aromatic hydroxyl groups is 1. The lowest BCUT2D eigenvalue weighted by Gasteiger charge is -2.22. The van der Waals surface area contributed by atoms with Gasteiger partial charge in [0.1, 0.15) is 17.2 Å². The molecular formula is C24H21BrN2O4. The van der Waals surface area contributed by atoms with E-state index in [2.05, 4.69) is 21.0 Å². The number of rotatable bonds is 5. The Morgan fingerprint density at radius 1 is 1.00 bits per heavy atom. The Morgan fingerprint density at radius 3 is 2.29 bits per heavy atom. The maximum absolute atomic E-state index is 13.4. The summed E-state index contributed by atoms with van der Waals surface area (Å²) in [6, 6.07) is 19.7. The van der Waals surface area contributed by atoms with Gasteiger partial charge in [0.05, 0.1) is 31.5 Å². The summed E-state index contributed by atoms with van der Waals surface area (Å²) in [5, 5.41) is 16.4. The van der Waals surface area contributed by atoms with Crippen LogP contribution in [0.1, 0.15) is 33.9 Å². The number of phenols is 1. The van der Waals surface area contributed by atoms with E-state index >= 15 is 0 Å². The molecule has 4 rings (SSSR count). The highest BCUT2D eigenvalue weighted by atomic mass is 79.9. The molecule has 0 bridgehead atoms. The summed E-state index contributed by atoms with van der Waals surface area (Å²) < 4.78 is 11.4. The molecule has 158 valence electrons. The first-order valence-corrected chi connectivity index (χ1v) is 10.5. The molecule has 1 heterocycles. The first-order valence-electron chi connectivity index (χ1n) is 9.68. The molecule has 1 unspecified atom stereocenters. The van der Waals surface area contributed by atoms with Gasteiger partial charge >= 0.3 is 0 Å². The number of carbonyl (C=O) groups is 1. The Hall–Kier alpha value is -3.32. The number of hydrazone groups is 1. The van der Waals surface area contributed by atoms with Gasteiger partial charge in [0.15, 0.2) is 0 Å². The molecule has 0 spiro atoms. The van der Waals surface area contributed by atoms with Crippen molar-refractivity contribution in [1.29, 1.82) is 0 Å². The number of halogens is 1. The van der Waals surface area contributed by atoms with E-state index in [0.717, 1.165) is 27.1 Å². The van der Waals surface area contributed by atoms with Gasteiger partial charge in [0.2, 0.25) is 0 Å². The van der Waals surface area contributed by atoms with Crippen LogP contribution in [0, 0.1) is 0 Å². The highest BCUT2D eigenvalue weighted by molar-refractivity contribution is 9.10. The number of hydrogen-bond donors (Lipinski definition) is 1. The van der Waals surface area contributed by atoms with E-state index in [9.17, 15) is 9.90 Å². The van der Waals surface area contributed by atoms with Gasteiger partial charge in [0, 0.05) is 10.9 Å². The third-order valence-corrected chi connectivity index (χ3v) is 5.76. The summed E-state index contributed by atoms with van der Waals surface area (Å²) in [6.07, 6.45) is 0.546. The molecule has 0 aromatic heterocycles. The van der Waals surface area contributed by atoms with Crippen LogP contribution in [0.25, 0.3) is 0 Å². The van der Waals surface area contributed by atoms with Gasteiger partial charge in [-0.1, -0.05) is 28.1 Å². The zero-order chi connectivity index (χ0) is 22.0. The minimum atomic E-state index is -0.396. The van der Waals surface area contributed by atoms with Crippen molar-refractivity contribution >= 4 is 27.5 Å². The third kappa shape index (κ3) is 4.27. The number of nitrogens with zero attached hydrogens (tertiary/aromatic N) is 2. The zero-order valence-electron chi connectivity index (χ0n) is 17.1. The lowest BCUT2D eigenvalue weighted by molar-refractivity contribution is 0.0707. The van der Waals surface area contributed by atoms with Gasteiger partial charge in [-0.05, 0) is 65.7 Å². The molecule has 1 N–H and O–H groups in total. The van der Waals surface area contributed by atoms with Crippen molar-refractivity contribution < 1.29 is 19.4 Å². The van der Waals surface area contributed by atoms with Gasteiger partial charge in [-0.15, -0.1) is 0 Å². The first-order chi connectivity index (χ1) is 15.0. The normalized spacial score (nSPS) is 15.5. The maximum Gasteiger partial charge on any atom is 0.278 e. The van der Waals surface area contributed by atoms with E-state index in [0.29, 0.717) is 12.2 Å². The largest absolute Gasteiger partial charge is 0.507 e. The first kappa shape index (κ1) is 20.9. The van der Waals surface area contributed by atoms with Crippen LogP contribution in [0.3, 0.4) is 0 Å². The van der Waals surface area contributed by atoms with Crippen LogP contribution in [0.4, 0.5) is 0 Å². The Balaban J connectivity index is 1.74. The number of amides is 1. The molecule has 7 heteroatoms.